The fraction of sp³-hybridized carbons (Fsp3) is 0.360. The molecule has 7 heteroatoms. The Labute approximate surface area is 192 Å². The molecule has 2 aliphatic rings. The molecular weight excluding hydrogens is 422 g/mol. The van der Waals surface area contributed by atoms with Gasteiger partial charge in [0.1, 0.15) is 17.0 Å². The van der Waals surface area contributed by atoms with Crippen LogP contribution in [0.15, 0.2) is 64.1 Å². The van der Waals surface area contributed by atoms with Crippen molar-refractivity contribution in [1.82, 2.24) is 9.88 Å². The molecule has 2 amide bonds. The third-order valence-electron chi connectivity index (χ3n) is 6.63. The molecule has 1 aliphatic carbocycles. The predicted molar refractivity (Wildman–Crippen MR) is 126 cm³/mol. The quantitative estimate of drug-likeness (QED) is 0.560. The zero-order chi connectivity index (χ0) is 22.3. The SMILES string of the molecule is CSc1cccc(N2C(=O)c3ccc(-c4ccco4)n3C[C@]2(C)C(=O)NC2CCCC2)c1. The lowest BCUT2D eigenvalue weighted by Gasteiger charge is -2.44. The van der Waals surface area contributed by atoms with Gasteiger partial charge in [-0.3, -0.25) is 14.5 Å². The van der Waals surface area contributed by atoms with Gasteiger partial charge in [-0.2, -0.15) is 0 Å². The number of rotatable bonds is 5. The normalized spacial score (nSPS) is 21.1. The molecule has 0 radical (unpaired) electrons. The van der Waals surface area contributed by atoms with E-state index < -0.39 is 5.54 Å². The van der Waals surface area contributed by atoms with Gasteiger partial charge in [0.25, 0.3) is 5.91 Å². The molecule has 6 nitrogen and oxygen atoms in total. The summed E-state index contributed by atoms with van der Waals surface area (Å²) in [5, 5.41) is 3.24. The van der Waals surface area contributed by atoms with Crippen LogP contribution < -0.4 is 10.2 Å². The van der Waals surface area contributed by atoms with E-state index in [9.17, 15) is 9.59 Å². The molecule has 1 fully saturated rings. The summed E-state index contributed by atoms with van der Waals surface area (Å²) >= 11 is 1.61. The van der Waals surface area contributed by atoms with Gasteiger partial charge < -0.3 is 14.3 Å². The Morgan fingerprint density at radius 1 is 1.12 bits per heavy atom. The number of amides is 2. The summed E-state index contributed by atoms with van der Waals surface area (Å²) in [6.45, 7) is 2.22. The summed E-state index contributed by atoms with van der Waals surface area (Å²) in [6, 6.07) is 15.4. The number of furan rings is 1. The highest BCUT2D eigenvalue weighted by molar-refractivity contribution is 7.98. The van der Waals surface area contributed by atoms with Gasteiger partial charge in [-0.15, -0.1) is 11.8 Å². The number of hydrogen-bond donors (Lipinski definition) is 1. The van der Waals surface area contributed by atoms with E-state index in [2.05, 4.69) is 5.32 Å². The van der Waals surface area contributed by atoms with Crippen molar-refractivity contribution >= 4 is 29.3 Å². The minimum absolute atomic E-state index is 0.114. The maximum Gasteiger partial charge on any atom is 0.275 e. The van der Waals surface area contributed by atoms with Gasteiger partial charge in [0.05, 0.1) is 18.5 Å². The smallest absolute Gasteiger partial charge is 0.275 e. The number of nitrogens with one attached hydrogen (secondary N) is 1. The Kier molecular flexibility index (Phi) is 5.37. The predicted octanol–water partition coefficient (Wildman–Crippen LogP) is 4.95. The number of nitrogens with zero attached hydrogens (tertiary/aromatic N) is 2. The molecule has 1 saturated carbocycles. The van der Waals surface area contributed by atoms with E-state index >= 15 is 0 Å². The average Bonchev–Trinajstić information content (AvgIpc) is 3.55. The number of aromatic nitrogens is 1. The monoisotopic (exact) mass is 449 g/mol. The van der Waals surface area contributed by atoms with Gasteiger partial charge in [-0.25, -0.2) is 0 Å². The first kappa shape index (κ1) is 20.9. The Morgan fingerprint density at radius 2 is 1.91 bits per heavy atom. The molecule has 5 rings (SSSR count). The van der Waals surface area contributed by atoms with E-state index in [1.807, 2.05) is 66.3 Å². The molecule has 0 bridgehead atoms. The summed E-state index contributed by atoms with van der Waals surface area (Å²) in [5.41, 5.74) is 1.01. The first-order valence-electron chi connectivity index (χ1n) is 11.0. The zero-order valence-electron chi connectivity index (χ0n) is 18.3. The topological polar surface area (TPSA) is 67.5 Å². The first-order valence-corrected chi connectivity index (χ1v) is 12.3. The maximum atomic E-state index is 13.8. The number of benzene rings is 1. The van der Waals surface area contributed by atoms with Crippen molar-refractivity contribution in [2.75, 3.05) is 11.2 Å². The Balaban J connectivity index is 1.61. The maximum absolute atomic E-state index is 13.8. The van der Waals surface area contributed by atoms with Crippen LogP contribution in [0, 0.1) is 0 Å². The van der Waals surface area contributed by atoms with E-state index in [0.717, 1.165) is 42.0 Å². The van der Waals surface area contributed by atoms with Crippen LogP contribution in [-0.4, -0.2) is 34.2 Å². The molecular formula is C25H27N3O3S. The van der Waals surface area contributed by atoms with Crippen LogP contribution in [0.2, 0.25) is 0 Å². The van der Waals surface area contributed by atoms with Gasteiger partial charge in [0, 0.05) is 16.6 Å². The van der Waals surface area contributed by atoms with E-state index in [1.54, 1.807) is 22.9 Å². The van der Waals surface area contributed by atoms with E-state index in [4.69, 9.17) is 4.42 Å². The number of hydrogen-bond acceptors (Lipinski definition) is 4. The fourth-order valence-electron chi connectivity index (χ4n) is 4.92. The van der Waals surface area contributed by atoms with Gasteiger partial charge in [0.15, 0.2) is 0 Å². The highest BCUT2D eigenvalue weighted by atomic mass is 32.2. The summed E-state index contributed by atoms with van der Waals surface area (Å²) in [4.78, 5) is 30.3. The summed E-state index contributed by atoms with van der Waals surface area (Å²) in [6.07, 6.45) is 7.86. The molecule has 1 N–H and O–H groups in total. The molecule has 1 aliphatic heterocycles. The van der Waals surface area contributed by atoms with Gasteiger partial charge in [-0.05, 0) is 68.5 Å². The summed E-state index contributed by atoms with van der Waals surface area (Å²) in [7, 11) is 0. The highest BCUT2D eigenvalue weighted by Crippen LogP contribution is 2.37. The van der Waals surface area contributed by atoms with Crippen LogP contribution in [0.5, 0.6) is 0 Å². The second-order valence-electron chi connectivity index (χ2n) is 8.74. The van der Waals surface area contributed by atoms with Crippen molar-refractivity contribution < 1.29 is 14.0 Å². The molecule has 0 saturated heterocycles. The van der Waals surface area contributed by atoms with Gasteiger partial charge in [0.2, 0.25) is 5.91 Å². The zero-order valence-corrected chi connectivity index (χ0v) is 19.2. The number of carbonyl (C=O) groups is 2. The minimum Gasteiger partial charge on any atom is -0.463 e. The second-order valence-corrected chi connectivity index (χ2v) is 9.62. The average molecular weight is 450 g/mol. The Morgan fingerprint density at radius 3 is 2.62 bits per heavy atom. The molecule has 3 heterocycles. The lowest BCUT2D eigenvalue weighted by molar-refractivity contribution is -0.127. The molecule has 166 valence electrons. The van der Waals surface area contributed by atoms with Crippen LogP contribution in [-0.2, 0) is 11.3 Å². The lowest BCUT2D eigenvalue weighted by Crippen LogP contribution is -2.65. The van der Waals surface area contributed by atoms with Crippen LogP contribution in [0.1, 0.15) is 43.1 Å². The molecule has 1 atom stereocenters. The number of carbonyl (C=O) groups excluding carboxylic acids is 2. The first-order chi connectivity index (χ1) is 15.5. The third kappa shape index (κ3) is 3.45. The van der Waals surface area contributed by atoms with E-state index in [-0.39, 0.29) is 17.9 Å². The largest absolute Gasteiger partial charge is 0.463 e. The third-order valence-corrected chi connectivity index (χ3v) is 7.35. The fourth-order valence-corrected chi connectivity index (χ4v) is 5.37. The van der Waals surface area contributed by atoms with Gasteiger partial charge >= 0.3 is 0 Å². The van der Waals surface area contributed by atoms with Crippen molar-refractivity contribution in [1.29, 1.82) is 0 Å². The van der Waals surface area contributed by atoms with E-state index in [1.165, 1.54) is 0 Å². The van der Waals surface area contributed by atoms with Crippen molar-refractivity contribution in [3.05, 3.63) is 60.5 Å². The molecule has 1 aromatic carbocycles. The van der Waals surface area contributed by atoms with Crippen molar-refractivity contribution in [3.63, 3.8) is 0 Å². The summed E-state index contributed by atoms with van der Waals surface area (Å²) in [5.74, 6) is 0.383. The Bertz CT molecular complexity index is 1150. The number of thioether (sulfide) groups is 1. The number of anilines is 1. The molecule has 3 aromatic rings. The molecule has 32 heavy (non-hydrogen) atoms. The van der Waals surface area contributed by atoms with Crippen LogP contribution in [0.4, 0.5) is 5.69 Å². The molecule has 0 spiro atoms. The van der Waals surface area contributed by atoms with Crippen LogP contribution >= 0.6 is 11.8 Å². The van der Waals surface area contributed by atoms with Crippen molar-refractivity contribution in [3.8, 4) is 11.5 Å². The van der Waals surface area contributed by atoms with Crippen molar-refractivity contribution in [2.45, 2.75) is 55.6 Å². The summed E-state index contributed by atoms with van der Waals surface area (Å²) < 4.78 is 7.53. The Hall–Kier alpha value is -2.93. The molecule has 2 aromatic heterocycles. The van der Waals surface area contributed by atoms with Crippen LogP contribution in [0.25, 0.3) is 11.5 Å². The van der Waals surface area contributed by atoms with Crippen molar-refractivity contribution in [2.24, 2.45) is 0 Å². The lowest BCUT2D eigenvalue weighted by atomic mass is 9.93. The van der Waals surface area contributed by atoms with E-state index in [0.29, 0.717) is 18.0 Å². The second kappa shape index (κ2) is 8.20. The minimum atomic E-state index is -1.08. The van der Waals surface area contributed by atoms with Crippen LogP contribution in [0.3, 0.4) is 0 Å². The standard InChI is InChI=1S/C25H27N3O3S/c1-25(24(30)26-17-7-3-4-8-17)16-27-20(22-11-6-14-31-22)12-13-21(27)23(29)28(25)18-9-5-10-19(15-18)32-2/h5-6,9-15,17H,3-4,7-8,16H2,1-2H3,(H,26,30)/t25-/m1/s1. The highest BCUT2D eigenvalue weighted by Gasteiger charge is 2.49. The number of fused-ring (bicyclic) bond motifs is 1. The molecule has 0 unspecified atom stereocenters. The van der Waals surface area contributed by atoms with Gasteiger partial charge in [-0.1, -0.05) is 18.9 Å².